The van der Waals surface area contributed by atoms with E-state index in [0.29, 0.717) is 46.5 Å². The molecule has 0 aliphatic carbocycles. The average molecular weight is 2640 g/mol. The minimum atomic E-state index is -0.0373. The summed E-state index contributed by atoms with van der Waals surface area (Å²) in [4.78, 5) is 60.2. The van der Waals surface area contributed by atoms with Crippen molar-refractivity contribution in [2.24, 2.45) is 0 Å². The van der Waals surface area contributed by atoms with E-state index in [4.69, 9.17) is 83.2 Å². The summed E-state index contributed by atoms with van der Waals surface area (Å²) in [6.07, 6.45) is 0. The summed E-state index contributed by atoms with van der Waals surface area (Å²) < 4.78 is 31.2. The number of benzene rings is 14. The van der Waals surface area contributed by atoms with Crippen molar-refractivity contribution in [1.82, 2.24) is 59.8 Å². The maximum Gasteiger partial charge on any atom is 2.00 e. The molecule has 17 nitrogen and oxygen atoms in total. The van der Waals surface area contributed by atoms with Gasteiger partial charge in [-0.15, -0.1) is 116 Å². The summed E-state index contributed by atoms with van der Waals surface area (Å²) in [7, 11) is 0. The van der Waals surface area contributed by atoms with E-state index in [0.717, 1.165) is 255 Å². The summed E-state index contributed by atoms with van der Waals surface area (Å²) in [6.45, 7) is 6.71. The number of hydrogen-bond acceptors (Lipinski definition) is 13. The fourth-order valence-electron chi connectivity index (χ4n) is 20.3. The van der Waals surface area contributed by atoms with Crippen LogP contribution < -0.4 is 38.9 Å². The van der Waals surface area contributed by atoms with Crippen LogP contribution in [0, 0.1) is 24.3 Å². The predicted molar refractivity (Wildman–Crippen MR) is 574 cm³/mol. The molecule has 31 rings (SSSR count). The maximum atomic E-state index is 6.36. The molecule has 13 aromatic heterocycles. The fraction of sp³-hybridized carbons (Fsp3) is 0.0312. The van der Waals surface area contributed by atoms with Gasteiger partial charge < -0.3 is 43.3 Å². The minimum absolute atomic E-state index is 0. The number of aromatic nitrogens is 12. The molecule has 27 aromatic rings. The number of ether oxygens (including phenoxy) is 4. The Labute approximate surface area is 911 Å². The number of pyridine rings is 8. The summed E-state index contributed by atoms with van der Waals surface area (Å²) in [6, 6.07) is 146. The van der Waals surface area contributed by atoms with Crippen LogP contribution >= 0.6 is 0 Å². The summed E-state index contributed by atoms with van der Waals surface area (Å²) in [5, 5.41) is 10.8. The second-order valence-corrected chi connectivity index (χ2v) is 37.2. The topological polar surface area (TPSA) is 210 Å². The van der Waals surface area contributed by atoms with Gasteiger partial charge in [0.1, 0.15) is 5.58 Å². The van der Waals surface area contributed by atoms with Gasteiger partial charge in [-0.2, -0.15) is 11.0 Å². The molecule has 21 heteroatoms. The van der Waals surface area contributed by atoms with Crippen LogP contribution in [-0.4, -0.2) is 39.9 Å². The Morgan fingerprint density at radius 3 is 1.02 bits per heavy atom. The van der Waals surface area contributed by atoms with Crippen LogP contribution in [0.1, 0.15) is 26.3 Å². The van der Waals surface area contributed by atoms with E-state index in [1.54, 1.807) is 0 Å². The molecule has 149 heavy (non-hydrogen) atoms. The standard InChI is InChI=1S/C34H17N3O2.C34H19N3O.C32H23N3O.C28H15N3O.4Pt/c1-2-15-30-20(7-1)25-17-19-18-26(34(25)39-30)29-13-5-12-27(35-29)23-10-3-8-21-22-9-4-11-24(33(22)37-32(21)23)28-14-6-16-31(36-28)38-19;1-2-8-21(9-3-1)23-19-30-28-15-6-14-27-26-13-5-12-25(33(26)37-34(27)28)22-10-4-11-24(18-22)38-32-17-7-16-29(36-32)31(20-23)35-30;1-32(2,3)20-17-24-22-10-5-11-23-27-13-6-12-26(33-27)19-8-4-9-21(16-19)36-29-15-7-14-28(34-29)25(18-20)31(24)35-30(22)23;1-6-17-16-18(7-1)32-26-15-5-14-25(30-26)24-13-4-12-23(29-24)22-11-3-10-21-20-9-2-8-19(17)27(20)31-28(21)22;;;;/h1-17H;1-17,19-20H;4-15,17-18H,1-3H3;1-15H;;;;/q4*-2;4*+2. The quantitative estimate of drug-likeness (QED) is 0.140. The first kappa shape index (κ1) is 94.5. The maximum absolute atomic E-state index is 6.36. The van der Waals surface area contributed by atoms with Crippen LogP contribution in [0.2, 0.25) is 0 Å². The first-order valence-electron chi connectivity index (χ1n) is 47.9. The first-order valence-corrected chi connectivity index (χ1v) is 47.9. The van der Waals surface area contributed by atoms with E-state index in [2.05, 4.69) is 227 Å². The van der Waals surface area contributed by atoms with Crippen LogP contribution in [0.4, 0.5) is 0 Å². The van der Waals surface area contributed by atoms with Gasteiger partial charge in [-0.05, 0) is 177 Å². The van der Waals surface area contributed by atoms with Crippen molar-refractivity contribution in [1.29, 1.82) is 0 Å². The number of para-hydroxylation sites is 8. The van der Waals surface area contributed by atoms with E-state index in [1.165, 1.54) is 5.56 Å². The predicted octanol–water partition coefficient (Wildman–Crippen LogP) is 31.4. The number of furan rings is 1. The van der Waals surface area contributed by atoms with Crippen LogP contribution in [-0.2, 0) is 89.7 Å². The molecule has 0 amide bonds. The molecule has 0 saturated heterocycles. The van der Waals surface area contributed by atoms with Crippen molar-refractivity contribution in [2.45, 2.75) is 26.2 Å². The number of rotatable bonds is 1. The Balaban J connectivity index is 0.000000105. The zero-order chi connectivity index (χ0) is 96.1. The third-order valence-electron chi connectivity index (χ3n) is 27.2. The summed E-state index contributed by atoms with van der Waals surface area (Å²) in [5.41, 5.74) is 33.5. The van der Waals surface area contributed by atoms with Gasteiger partial charge in [0.15, 0.2) is 0 Å². The molecular weight excluding hydrogens is 2570 g/mol. The number of hydrogen-bond donors (Lipinski definition) is 0. The normalized spacial score (nSPS) is 11.9. The molecule has 0 fully saturated rings. The Morgan fingerprint density at radius 2 is 0.530 bits per heavy atom. The average Bonchev–Trinajstić information content (AvgIpc) is 1.61. The van der Waals surface area contributed by atoms with Crippen LogP contribution in [0.15, 0.2) is 399 Å². The van der Waals surface area contributed by atoms with Gasteiger partial charge in [-0.3, -0.25) is 9.97 Å². The molecule has 0 atom stereocenters. The van der Waals surface area contributed by atoms with E-state index in [9.17, 15) is 0 Å². The Hall–Kier alpha value is -16.8. The van der Waals surface area contributed by atoms with Crippen LogP contribution in [0.3, 0.4) is 0 Å². The van der Waals surface area contributed by atoms with Gasteiger partial charge in [0.05, 0.1) is 62.5 Å². The van der Waals surface area contributed by atoms with Crippen molar-refractivity contribution >= 4 is 109 Å². The molecule has 716 valence electrons. The van der Waals surface area contributed by atoms with Crippen molar-refractivity contribution in [3.63, 3.8) is 0 Å². The Morgan fingerprint density at radius 1 is 0.208 bits per heavy atom. The second-order valence-electron chi connectivity index (χ2n) is 37.2. The molecule has 0 saturated carbocycles. The van der Waals surface area contributed by atoms with Gasteiger partial charge in [-0.1, -0.05) is 305 Å². The molecule has 14 aromatic carbocycles. The van der Waals surface area contributed by atoms with E-state index < -0.39 is 0 Å². The molecule has 0 spiro atoms. The van der Waals surface area contributed by atoms with Gasteiger partial charge in [-0.25, -0.2) is 29.9 Å². The van der Waals surface area contributed by atoms with Gasteiger partial charge in [0, 0.05) is 52.6 Å². The van der Waals surface area contributed by atoms with Gasteiger partial charge in [0.25, 0.3) is 0 Å². The Kier molecular flexibility index (Phi) is 24.5. The summed E-state index contributed by atoms with van der Waals surface area (Å²) >= 11 is 0. The molecule has 4 aliphatic rings. The molecule has 32 bridgehead atoms. The third-order valence-corrected chi connectivity index (χ3v) is 27.2. The van der Waals surface area contributed by atoms with Gasteiger partial charge >= 0.3 is 84.3 Å². The molecule has 0 unspecified atom stereocenters. The molecule has 4 aliphatic heterocycles. The molecule has 0 N–H and O–H groups in total. The first-order chi connectivity index (χ1) is 71.4. The fourth-order valence-corrected chi connectivity index (χ4v) is 20.3. The SMILES string of the molecule is CC(C)(C)c1cc2c3[n-]c4c(cccc4c3c1)-c1cccc(n1)-c1[c-]c(ccc1)Oc1cccc-2n1.[Pt+2].[Pt+2].[Pt+2].[Pt+2].[c-]1c2cc3c(oc4ccccc43)c1-c1cccc(n1)-c1cccc3c1[n-]c1c(cccc13)-c1cccc(n1)O2.[c-]1c2cccc1-c1cccc3c1[n-]c1c(cccc13)-c1cc(-c3ccccc3)cc(n1)-c1cccc(n1)O2.[c-]1c2cccc1-c1cccc3c1[n-]c1c(cccc13)-c1cccc(n1)-c1cccc(n1)O2. The Bertz CT molecular complexity index is 10000. The van der Waals surface area contributed by atoms with E-state index >= 15 is 0 Å². The van der Waals surface area contributed by atoms with E-state index in [1.807, 2.05) is 212 Å². The van der Waals surface area contributed by atoms with Gasteiger partial charge in [0.2, 0.25) is 23.5 Å². The summed E-state index contributed by atoms with van der Waals surface area (Å²) in [5.74, 6) is 4.35. The number of fused-ring (bicyclic) bond motifs is 44. The molecular formula is C128H74N12O5Pt4. The largest absolute Gasteiger partial charge is 2.00 e. The van der Waals surface area contributed by atoms with Crippen LogP contribution in [0.5, 0.6) is 46.5 Å². The zero-order valence-electron chi connectivity index (χ0n) is 79.2. The smallest absolute Gasteiger partial charge is 0.664 e. The second kappa shape index (κ2) is 38.6. The van der Waals surface area contributed by atoms with Crippen molar-refractivity contribution in [2.75, 3.05) is 0 Å². The van der Waals surface area contributed by atoms with E-state index in [-0.39, 0.29) is 89.7 Å². The van der Waals surface area contributed by atoms with Crippen molar-refractivity contribution in [3.05, 3.63) is 424 Å². The van der Waals surface area contributed by atoms with Crippen molar-refractivity contribution in [3.8, 4) is 193 Å². The number of nitrogens with zero attached hydrogens (tertiary/aromatic N) is 12. The van der Waals surface area contributed by atoms with Crippen LogP contribution in [0.25, 0.3) is 255 Å². The third kappa shape index (κ3) is 17.1. The zero-order valence-corrected chi connectivity index (χ0v) is 88.3. The van der Waals surface area contributed by atoms with Crippen molar-refractivity contribution < 1.29 is 108 Å². The monoisotopic (exact) mass is 2640 g/mol. The molecule has 0 radical (unpaired) electrons. The molecule has 17 heterocycles. The minimum Gasteiger partial charge on any atom is -0.664 e.